The molecular formula is C20H24Cl2N2OS. The second-order valence-corrected chi connectivity index (χ2v) is 7.97. The molecule has 1 aliphatic rings. The van der Waals surface area contributed by atoms with Gasteiger partial charge >= 0.3 is 0 Å². The molecule has 0 aliphatic carbocycles. The number of amides is 1. The molecule has 2 atom stereocenters. The van der Waals surface area contributed by atoms with Gasteiger partial charge in [-0.25, -0.2) is 0 Å². The molecule has 2 aromatic rings. The van der Waals surface area contributed by atoms with Crippen molar-refractivity contribution in [2.75, 3.05) is 6.54 Å². The van der Waals surface area contributed by atoms with E-state index in [0.29, 0.717) is 6.04 Å². The minimum atomic E-state index is 0. The van der Waals surface area contributed by atoms with Gasteiger partial charge in [0, 0.05) is 33.3 Å². The van der Waals surface area contributed by atoms with E-state index in [0.717, 1.165) is 35.7 Å². The first-order chi connectivity index (χ1) is 12.1. The van der Waals surface area contributed by atoms with Crippen LogP contribution in [0.4, 0.5) is 0 Å². The minimum Gasteiger partial charge on any atom is -0.349 e. The molecule has 2 unspecified atom stereocenters. The van der Waals surface area contributed by atoms with Gasteiger partial charge in [0.15, 0.2) is 0 Å². The van der Waals surface area contributed by atoms with Gasteiger partial charge in [0.1, 0.15) is 0 Å². The zero-order chi connectivity index (χ0) is 17.6. The van der Waals surface area contributed by atoms with E-state index in [9.17, 15) is 4.79 Å². The number of carbonyl (C=O) groups excluding carboxylic acids is 1. The Morgan fingerprint density at radius 3 is 2.54 bits per heavy atom. The second kappa shape index (κ2) is 10.2. The fourth-order valence-electron chi connectivity index (χ4n) is 2.98. The van der Waals surface area contributed by atoms with Crippen molar-refractivity contribution >= 4 is 41.7 Å². The normalized spacial score (nSPS) is 19.5. The summed E-state index contributed by atoms with van der Waals surface area (Å²) in [6, 6.07) is 16.5. The lowest BCUT2D eigenvalue weighted by molar-refractivity contribution is 0.0925. The highest BCUT2D eigenvalue weighted by Gasteiger charge is 2.20. The molecule has 140 valence electrons. The van der Waals surface area contributed by atoms with E-state index in [2.05, 4.69) is 17.6 Å². The van der Waals surface area contributed by atoms with Gasteiger partial charge in [0.05, 0.1) is 0 Å². The topological polar surface area (TPSA) is 41.1 Å². The lowest BCUT2D eigenvalue weighted by Crippen LogP contribution is -2.46. The Hall–Kier alpha value is -1.20. The Bertz CT molecular complexity index is 707. The molecular weight excluding hydrogens is 387 g/mol. The van der Waals surface area contributed by atoms with E-state index < -0.39 is 0 Å². The van der Waals surface area contributed by atoms with Crippen molar-refractivity contribution in [2.24, 2.45) is 0 Å². The van der Waals surface area contributed by atoms with Crippen molar-refractivity contribution in [1.82, 2.24) is 10.6 Å². The van der Waals surface area contributed by atoms with E-state index in [1.54, 1.807) is 11.8 Å². The summed E-state index contributed by atoms with van der Waals surface area (Å²) in [6.45, 7) is 3.12. The van der Waals surface area contributed by atoms with Crippen molar-refractivity contribution in [2.45, 2.75) is 42.5 Å². The van der Waals surface area contributed by atoms with Crippen LogP contribution in [-0.4, -0.2) is 24.5 Å². The second-order valence-electron chi connectivity index (χ2n) is 6.49. The summed E-state index contributed by atoms with van der Waals surface area (Å²) in [5.74, 6) is 0.894. The number of benzene rings is 2. The van der Waals surface area contributed by atoms with Crippen LogP contribution in [0.3, 0.4) is 0 Å². The highest BCUT2D eigenvalue weighted by Crippen LogP contribution is 2.24. The fraction of sp³-hybridized carbons (Fsp3) is 0.350. The van der Waals surface area contributed by atoms with Gasteiger partial charge in [0.2, 0.25) is 0 Å². The predicted molar refractivity (Wildman–Crippen MR) is 113 cm³/mol. The van der Waals surface area contributed by atoms with Crippen molar-refractivity contribution in [1.29, 1.82) is 0 Å². The van der Waals surface area contributed by atoms with Crippen molar-refractivity contribution in [3.05, 3.63) is 64.7 Å². The van der Waals surface area contributed by atoms with Crippen LogP contribution >= 0.6 is 35.8 Å². The number of halogens is 2. The van der Waals surface area contributed by atoms with Gasteiger partial charge in [-0.2, -0.15) is 0 Å². The molecule has 0 spiro atoms. The monoisotopic (exact) mass is 410 g/mol. The lowest BCUT2D eigenvalue weighted by atomic mass is 10.00. The Morgan fingerprint density at radius 2 is 1.88 bits per heavy atom. The van der Waals surface area contributed by atoms with Crippen LogP contribution in [0.1, 0.15) is 35.7 Å². The first-order valence-corrected chi connectivity index (χ1v) is 9.98. The molecule has 3 nitrogen and oxygen atoms in total. The molecule has 1 saturated heterocycles. The fourth-order valence-corrected chi connectivity index (χ4v) is 3.96. The SMILES string of the molecule is CC1CC(NC(=O)c2ccc(CSc3ccc(Cl)cc3)cc2)CCN1.Cl. The highest BCUT2D eigenvalue weighted by molar-refractivity contribution is 7.98. The maximum atomic E-state index is 12.4. The predicted octanol–water partition coefficient (Wildman–Crippen LogP) is 4.92. The number of hydrogen-bond donors (Lipinski definition) is 2. The Morgan fingerprint density at radius 1 is 1.19 bits per heavy atom. The molecule has 1 fully saturated rings. The van der Waals surface area contributed by atoms with Gasteiger partial charge in [-0.1, -0.05) is 23.7 Å². The molecule has 0 radical (unpaired) electrons. The van der Waals surface area contributed by atoms with Crippen LogP contribution in [0.25, 0.3) is 0 Å². The minimum absolute atomic E-state index is 0. The molecule has 2 aromatic carbocycles. The number of carbonyl (C=O) groups is 1. The van der Waals surface area contributed by atoms with E-state index in [1.807, 2.05) is 48.5 Å². The first kappa shape index (κ1) is 21.1. The van der Waals surface area contributed by atoms with Crippen molar-refractivity contribution in [3.63, 3.8) is 0 Å². The zero-order valence-electron chi connectivity index (χ0n) is 14.7. The van der Waals surface area contributed by atoms with Crippen LogP contribution in [0.15, 0.2) is 53.4 Å². The van der Waals surface area contributed by atoms with Crippen LogP contribution in [-0.2, 0) is 5.75 Å². The quantitative estimate of drug-likeness (QED) is 0.686. The molecule has 2 N–H and O–H groups in total. The third kappa shape index (κ3) is 6.20. The van der Waals surface area contributed by atoms with Gasteiger partial charge < -0.3 is 10.6 Å². The lowest BCUT2D eigenvalue weighted by Gasteiger charge is -2.28. The molecule has 3 rings (SSSR count). The van der Waals surface area contributed by atoms with Crippen LogP contribution < -0.4 is 10.6 Å². The Balaban J connectivity index is 0.00000243. The van der Waals surface area contributed by atoms with Crippen LogP contribution in [0.2, 0.25) is 5.02 Å². The van der Waals surface area contributed by atoms with Crippen molar-refractivity contribution in [3.8, 4) is 0 Å². The number of nitrogens with one attached hydrogen (secondary N) is 2. The van der Waals surface area contributed by atoms with E-state index >= 15 is 0 Å². The zero-order valence-corrected chi connectivity index (χ0v) is 17.1. The third-order valence-corrected chi connectivity index (χ3v) is 5.73. The van der Waals surface area contributed by atoms with Crippen LogP contribution in [0, 0.1) is 0 Å². The molecule has 0 saturated carbocycles. The summed E-state index contributed by atoms with van der Waals surface area (Å²) < 4.78 is 0. The standard InChI is InChI=1S/C20H23ClN2OS.ClH/c1-14-12-18(10-11-22-14)23-20(24)16-4-2-15(3-5-16)13-25-19-8-6-17(21)7-9-19;/h2-9,14,18,22H,10-13H2,1H3,(H,23,24);1H. The number of thioether (sulfide) groups is 1. The maximum Gasteiger partial charge on any atom is 0.251 e. The molecule has 1 aliphatic heterocycles. The summed E-state index contributed by atoms with van der Waals surface area (Å²) >= 11 is 7.66. The summed E-state index contributed by atoms with van der Waals surface area (Å²) in [4.78, 5) is 13.6. The third-order valence-electron chi connectivity index (χ3n) is 4.39. The Labute approximate surface area is 170 Å². The number of rotatable bonds is 5. The maximum absolute atomic E-state index is 12.4. The Kier molecular flexibility index (Phi) is 8.29. The van der Waals surface area contributed by atoms with Gasteiger partial charge in [0.25, 0.3) is 5.91 Å². The first-order valence-electron chi connectivity index (χ1n) is 8.62. The summed E-state index contributed by atoms with van der Waals surface area (Å²) in [7, 11) is 0. The van der Waals surface area contributed by atoms with E-state index in [1.165, 1.54) is 10.5 Å². The number of hydrogen-bond acceptors (Lipinski definition) is 3. The smallest absolute Gasteiger partial charge is 0.251 e. The van der Waals surface area contributed by atoms with Crippen LogP contribution in [0.5, 0.6) is 0 Å². The van der Waals surface area contributed by atoms with E-state index in [-0.39, 0.29) is 24.4 Å². The summed E-state index contributed by atoms with van der Waals surface area (Å²) in [5.41, 5.74) is 1.93. The molecule has 1 amide bonds. The molecule has 1 heterocycles. The largest absolute Gasteiger partial charge is 0.349 e. The molecule has 0 bridgehead atoms. The molecule has 26 heavy (non-hydrogen) atoms. The molecule has 6 heteroatoms. The van der Waals surface area contributed by atoms with Crippen molar-refractivity contribution < 1.29 is 4.79 Å². The molecule has 0 aromatic heterocycles. The highest BCUT2D eigenvalue weighted by atomic mass is 35.5. The van der Waals surface area contributed by atoms with Gasteiger partial charge in [-0.15, -0.1) is 24.2 Å². The summed E-state index contributed by atoms with van der Waals surface area (Å²) in [6.07, 6.45) is 1.98. The van der Waals surface area contributed by atoms with Gasteiger partial charge in [-0.3, -0.25) is 4.79 Å². The average Bonchev–Trinajstić information content (AvgIpc) is 2.62. The van der Waals surface area contributed by atoms with E-state index in [4.69, 9.17) is 11.6 Å². The van der Waals surface area contributed by atoms with Gasteiger partial charge in [-0.05, 0) is 68.3 Å². The summed E-state index contributed by atoms with van der Waals surface area (Å²) in [5, 5.41) is 7.31. The number of piperidine rings is 1. The average molecular weight is 411 g/mol.